The van der Waals surface area contributed by atoms with Crippen molar-refractivity contribution < 1.29 is 27.5 Å². The molecule has 8 heteroatoms. The van der Waals surface area contributed by atoms with Crippen LogP contribution < -0.4 is 0 Å². The minimum absolute atomic E-state index is 0.0125. The fraction of sp³-hybridized carbons (Fsp3) is 0.417. The molecule has 2 atom stereocenters. The second-order valence-corrected chi connectivity index (χ2v) is 6.62. The van der Waals surface area contributed by atoms with Gasteiger partial charge in [-0.2, -0.15) is 0 Å². The zero-order valence-electron chi connectivity index (χ0n) is 10.3. The van der Waals surface area contributed by atoms with E-state index in [0.717, 1.165) is 12.3 Å². The zero-order valence-corrected chi connectivity index (χ0v) is 11.1. The lowest BCUT2D eigenvalue weighted by Gasteiger charge is -2.25. The maximum absolute atomic E-state index is 14.9. The molecule has 1 N–H and O–H groups in total. The van der Waals surface area contributed by atoms with Crippen molar-refractivity contribution in [2.45, 2.75) is 29.3 Å². The van der Waals surface area contributed by atoms with E-state index in [1.807, 2.05) is 0 Å². The highest BCUT2D eigenvalue weighted by molar-refractivity contribution is 7.93. The van der Waals surface area contributed by atoms with Gasteiger partial charge in [0, 0.05) is 25.0 Å². The molecule has 0 bridgehead atoms. The Balaban J connectivity index is 2.54. The van der Waals surface area contributed by atoms with Gasteiger partial charge in [0.25, 0.3) is 0 Å². The molecule has 0 aliphatic heterocycles. The maximum atomic E-state index is 14.9. The zero-order chi connectivity index (χ0) is 15.0. The summed E-state index contributed by atoms with van der Waals surface area (Å²) in [4.78, 5) is 26.0. The number of hydrogen-bond acceptors (Lipinski definition) is 5. The molecule has 1 aliphatic carbocycles. The first-order chi connectivity index (χ1) is 9.30. The Labute approximate surface area is 114 Å². The number of rotatable bonds is 4. The Morgan fingerprint density at radius 1 is 1.45 bits per heavy atom. The topological polar surface area (TPSA) is 101 Å². The lowest BCUT2D eigenvalue weighted by Crippen LogP contribution is -2.48. The Hall–Kier alpha value is -1.83. The molecule has 0 spiro atoms. The summed E-state index contributed by atoms with van der Waals surface area (Å²) in [7, 11) is -4.84. The van der Waals surface area contributed by atoms with Crippen LogP contribution in [-0.4, -0.2) is 35.3 Å². The number of carbonyl (C=O) groups is 2. The molecular formula is C12H12FNO5S. The van der Waals surface area contributed by atoms with Crippen molar-refractivity contribution in [3.63, 3.8) is 0 Å². The van der Waals surface area contributed by atoms with Gasteiger partial charge >= 0.3 is 11.0 Å². The van der Waals surface area contributed by atoms with Gasteiger partial charge in [-0.05, 0) is 18.6 Å². The molecular weight excluding hydrogens is 289 g/mol. The van der Waals surface area contributed by atoms with Crippen LogP contribution in [0.2, 0.25) is 0 Å². The van der Waals surface area contributed by atoms with Crippen molar-refractivity contribution in [2.24, 2.45) is 5.92 Å². The summed E-state index contributed by atoms with van der Waals surface area (Å²) in [6, 6.07) is 3.78. The van der Waals surface area contributed by atoms with E-state index >= 15 is 0 Å². The van der Waals surface area contributed by atoms with Crippen LogP contribution in [0.1, 0.15) is 19.3 Å². The van der Waals surface area contributed by atoms with E-state index in [9.17, 15) is 22.4 Å². The third kappa shape index (κ3) is 2.09. The van der Waals surface area contributed by atoms with E-state index in [2.05, 4.69) is 4.98 Å². The van der Waals surface area contributed by atoms with Crippen LogP contribution >= 0.6 is 0 Å². The fourth-order valence-corrected chi connectivity index (χ4v) is 3.93. The van der Waals surface area contributed by atoms with Gasteiger partial charge in [0.1, 0.15) is 5.78 Å². The number of nitrogens with zero attached hydrogens (tertiary/aromatic N) is 1. The third-order valence-corrected chi connectivity index (χ3v) is 5.45. The highest BCUT2D eigenvalue weighted by Crippen LogP contribution is 2.41. The standard InChI is InChI=1S/C12H12FNO5S/c13-12(11(16)17,8-4-5-9(15)7-8)20(18,19)10-3-1-2-6-14-10/h1-3,6,8H,4-5,7H2,(H,16,17). The van der Waals surface area contributed by atoms with Gasteiger partial charge in [-0.25, -0.2) is 22.6 Å². The number of aliphatic carboxylic acids is 1. The summed E-state index contributed by atoms with van der Waals surface area (Å²) in [5.41, 5.74) is 0. The average molecular weight is 301 g/mol. The number of Topliss-reactive ketones (excluding diaryl/α,β-unsaturated/α-hetero) is 1. The minimum atomic E-state index is -4.84. The lowest BCUT2D eigenvalue weighted by molar-refractivity contribution is -0.147. The summed E-state index contributed by atoms with van der Waals surface area (Å²) in [6.45, 7) is 0. The van der Waals surface area contributed by atoms with Crippen LogP contribution in [0, 0.1) is 5.92 Å². The van der Waals surface area contributed by atoms with Crippen molar-refractivity contribution in [1.29, 1.82) is 0 Å². The summed E-state index contributed by atoms with van der Waals surface area (Å²) < 4.78 is 39.4. The molecule has 2 unspecified atom stereocenters. The fourth-order valence-electron chi connectivity index (χ4n) is 2.30. The molecule has 1 heterocycles. The van der Waals surface area contributed by atoms with Crippen molar-refractivity contribution in [2.75, 3.05) is 0 Å². The molecule has 6 nitrogen and oxygen atoms in total. The number of carbonyl (C=O) groups excluding carboxylic acids is 1. The van der Waals surface area contributed by atoms with Crippen LogP contribution in [0.5, 0.6) is 0 Å². The lowest BCUT2D eigenvalue weighted by atomic mass is 10.0. The monoisotopic (exact) mass is 301 g/mol. The highest BCUT2D eigenvalue weighted by Gasteiger charge is 2.60. The second-order valence-electron chi connectivity index (χ2n) is 4.60. The van der Waals surface area contributed by atoms with Crippen LogP contribution in [0.15, 0.2) is 29.4 Å². The van der Waals surface area contributed by atoms with E-state index < -0.39 is 38.2 Å². The minimum Gasteiger partial charge on any atom is -0.478 e. The predicted octanol–water partition coefficient (Wildman–Crippen LogP) is 0.975. The number of ketones is 1. The van der Waals surface area contributed by atoms with Gasteiger partial charge in [-0.3, -0.25) is 4.79 Å². The molecule has 20 heavy (non-hydrogen) atoms. The van der Waals surface area contributed by atoms with Gasteiger partial charge in [0.05, 0.1) is 0 Å². The van der Waals surface area contributed by atoms with Crippen LogP contribution in [-0.2, 0) is 19.4 Å². The largest absolute Gasteiger partial charge is 0.478 e. The van der Waals surface area contributed by atoms with Crippen LogP contribution in [0.25, 0.3) is 0 Å². The second kappa shape index (κ2) is 4.93. The number of carboxylic acid groups (broad SMARTS) is 1. The molecule has 0 saturated heterocycles. The Morgan fingerprint density at radius 3 is 2.60 bits per heavy atom. The average Bonchev–Trinajstić information content (AvgIpc) is 2.85. The summed E-state index contributed by atoms with van der Waals surface area (Å²) in [5, 5.41) is 4.90. The molecule has 2 rings (SSSR count). The molecule has 1 fully saturated rings. The molecule has 1 aromatic rings. The normalized spacial score (nSPS) is 22.4. The van der Waals surface area contributed by atoms with Gasteiger partial charge < -0.3 is 5.11 Å². The smallest absolute Gasteiger partial charge is 0.358 e. The molecule has 108 valence electrons. The van der Waals surface area contributed by atoms with Crippen LogP contribution in [0.4, 0.5) is 4.39 Å². The van der Waals surface area contributed by atoms with E-state index in [4.69, 9.17) is 5.11 Å². The number of hydrogen-bond donors (Lipinski definition) is 1. The van der Waals surface area contributed by atoms with Crippen molar-refractivity contribution in [3.05, 3.63) is 24.4 Å². The first kappa shape index (κ1) is 14.6. The molecule has 1 aromatic heterocycles. The van der Waals surface area contributed by atoms with E-state index in [1.54, 1.807) is 0 Å². The molecule has 0 radical (unpaired) electrons. The third-order valence-electron chi connectivity index (χ3n) is 3.37. The van der Waals surface area contributed by atoms with Crippen LogP contribution in [0.3, 0.4) is 0 Å². The summed E-state index contributed by atoms with van der Waals surface area (Å²) in [6.07, 6.45) is 0.624. The van der Waals surface area contributed by atoms with Gasteiger partial charge in [0.2, 0.25) is 9.84 Å². The number of aromatic nitrogens is 1. The maximum Gasteiger partial charge on any atom is 0.358 e. The Kier molecular flexibility index (Phi) is 3.59. The van der Waals surface area contributed by atoms with E-state index in [0.29, 0.717) is 0 Å². The van der Waals surface area contributed by atoms with Gasteiger partial charge in [-0.15, -0.1) is 0 Å². The quantitative estimate of drug-likeness (QED) is 0.889. The first-order valence-corrected chi connectivity index (χ1v) is 7.38. The Bertz CT molecular complexity index is 645. The number of pyridine rings is 1. The molecule has 1 aliphatic rings. The van der Waals surface area contributed by atoms with Gasteiger partial charge in [-0.1, -0.05) is 6.07 Å². The number of alkyl halides is 1. The van der Waals surface area contributed by atoms with Crippen molar-refractivity contribution in [1.82, 2.24) is 4.98 Å². The number of halogens is 1. The summed E-state index contributed by atoms with van der Waals surface area (Å²) >= 11 is 0. The number of sulfone groups is 1. The predicted molar refractivity (Wildman–Crippen MR) is 65.2 cm³/mol. The highest BCUT2D eigenvalue weighted by atomic mass is 32.2. The summed E-state index contributed by atoms with van der Waals surface area (Å²) in [5.74, 6) is -3.84. The first-order valence-electron chi connectivity index (χ1n) is 5.90. The SMILES string of the molecule is O=C1CCC(C(F)(C(=O)O)S(=O)(=O)c2ccccn2)C1. The van der Waals surface area contributed by atoms with E-state index in [1.165, 1.54) is 12.1 Å². The molecule has 0 amide bonds. The number of carboxylic acids is 1. The van der Waals surface area contributed by atoms with E-state index in [-0.39, 0.29) is 18.6 Å². The molecule has 1 saturated carbocycles. The molecule has 0 aromatic carbocycles. The van der Waals surface area contributed by atoms with Gasteiger partial charge in [0.15, 0.2) is 5.03 Å². The van der Waals surface area contributed by atoms with Crippen molar-refractivity contribution in [3.8, 4) is 0 Å². The van der Waals surface area contributed by atoms with Crippen molar-refractivity contribution >= 4 is 21.6 Å². The Morgan fingerprint density at radius 2 is 2.15 bits per heavy atom.